The van der Waals surface area contributed by atoms with Crippen LogP contribution in [0.4, 0.5) is 0 Å². The fourth-order valence-electron chi connectivity index (χ4n) is 17.7. The number of aliphatic hydroxyl groups excluding tert-OH is 2. The Morgan fingerprint density at radius 3 is 2.24 bits per heavy atom. The summed E-state index contributed by atoms with van der Waals surface area (Å²) in [4.78, 5) is 117. The van der Waals surface area contributed by atoms with Crippen LogP contribution in [0.3, 0.4) is 0 Å². The van der Waals surface area contributed by atoms with Gasteiger partial charge in [0.05, 0.1) is 30.7 Å². The SMILES string of the molecule is C[C@]12C=CC(=O)C=C1CC[C@@H]1[C@@H]2[C@@H](O)C[C@@]2(C)[C@H]1C[C@H]1O[C@@H](c3ccc(CC45C6C7C4C4C5C6C74NC(=O)[C@H](CCC(=O)O)NC(=O)CNC(=O)CCC(=O)ON4C(=O)CCC4=O)cc3)O[C@]12C(=O)CO. The molecule has 11 fully saturated rings. The summed E-state index contributed by atoms with van der Waals surface area (Å²) in [6.45, 7) is 2.88. The van der Waals surface area contributed by atoms with E-state index in [9.17, 15) is 58.5 Å². The van der Waals surface area contributed by atoms with E-state index in [2.05, 4.69) is 35.0 Å². The molecule has 12 aliphatic rings. The van der Waals surface area contributed by atoms with Gasteiger partial charge in [-0.15, -0.1) is 5.06 Å². The van der Waals surface area contributed by atoms with Crippen molar-refractivity contribution in [2.24, 2.45) is 69.5 Å². The number of Topliss-reactive ketones (excluding diaryl/α,β-unsaturated/α-hetero) is 1. The topological polar surface area (TPSA) is 281 Å². The molecule has 1 aromatic rings. The number of nitrogens with one attached hydrogen (secondary N) is 3. The van der Waals surface area contributed by atoms with Gasteiger partial charge in [0, 0.05) is 48.0 Å². The van der Waals surface area contributed by atoms with Crippen LogP contribution in [0.25, 0.3) is 0 Å². The van der Waals surface area contributed by atoms with Crippen LogP contribution in [0.5, 0.6) is 0 Å². The Morgan fingerprint density at radius 2 is 1.58 bits per heavy atom. The molecular weight excluding hydrogens is 921 g/mol. The van der Waals surface area contributed by atoms with Crippen LogP contribution in [0, 0.1) is 69.5 Å². The Balaban J connectivity index is 0.651. The molecule has 6 N–H and O–H groups in total. The first-order valence-corrected chi connectivity index (χ1v) is 25.2. The minimum atomic E-state index is -1.44. The number of carbonyl (C=O) groups is 9. The lowest BCUT2D eigenvalue weighted by molar-refractivity contribution is -0.624. The van der Waals surface area contributed by atoms with E-state index in [1.54, 1.807) is 12.2 Å². The average molecular weight is 979 g/mol. The van der Waals surface area contributed by atoms with Crippen molar-refractivity contribution in [2.45, 2.75) is 120 Å². The number of carbonyl (C=O) groups excluding carboxylic acids is 8. The molecule has 0 radical (unpaired) electrons. The van der Waals surface area contributed by atoms with E-state index in [4.69, 9.17) is 14.3 Å². The molecule has 2 saturated heterocycles. The number of aliphatic hydroxyl groups is 2. The standard InChI is InChI=1S/C52H58N4O15/c1-48-16-15-26(58)17-25(48)7-8-27-28-18-32-52(31(60)22-57,49(28,2)20-30(59)39(27)48)70-47(69-32)24-5-3-23(4-6-24)19-50-40-43-41(50)45-42(50)44(40)51(43,45)55-46(68)29(9-13-37(65)66)54-34(62)21-53-33(61)10-14-38(67)71-56-35(63)11-12-36(56)64/h3-6,15-17,27-30,32,39-45,47,57,59H,7-14,18-22H2,1-2H3,(H,53,61)(H,54,62)(H,55,68)(H,65,66)/t27-,28-,29-,30-,32+,39+,40?,41?,42?,43?,44?,45?,47+,48-,49-,50?,51?,52+/m0/s1. The highest BCUT2D eigenvalue weighted by molar-refractivity contribution is 6.02. The predicted octanol–water partition coefficient (Wildman–Crippen LogP) is 1.29. The lowest BCUT2D eigenvalue weighted by Gasteiger charge is -3.11. The van der Waals surface area contributed by atoms with Gasteiger partial charge in [0.25, 0.3) is 11.8 Å². The molecular formula is C52H58N4O15. The van der Waals surface area contributed by atoms with Gasteiger partial charge in [-0.2, -0.15) is 0 Å². The molecule has 2 heterocycles. The number of rotatable bonds is 17. The smallest absolute Gasteiger partial charge is 0.333 e. The lowest BCUT2D eigenvalue weighted by Crippen LogP contribution is -3.15. The molecule has 1 aromatic carbocycles. The Bertz CT molecular complexity index is 2610. The van der Waals surface area contributed by atoms with Gasteiger partial charge in [0.1, 0.15) is 12.6 Å². The van der Waals surface area contributed by atoms with Gasteiger partial charge < -0.3 is 45.6 Å². The zero-order valence-electron chi connectivity index (χ0n) is 39.4. The number of hydrogen-bond donors (Lipinski definition) is 6. The number of amides is 5. The number of benzene rings is 1. The normalized spacial score (nSPS) is 43.0. The quantitative estimate of drug-likeness (QED) is 0.120. The predicted molar refractivity (Wildman–Crippen MR) is 240 cm³/mol. The van der Waals surface area contributed by atoms with Gasteiger partial charge in [-0.3, -0.25) is 38.4 Å². The van der Waals surface area contributed by atoms with Crippen molar-refractivity contribution in [1.82, 2.24) is 21.0 Å². The van der Waals surface area contributed by atoms with Crippen molar-refractivity contribution in [1.29, 1.82) is 0 Å². The molecule has 2 aliphatic heterocycles. The number of allylic oxidation sites excluding steroid dienone is 4. The van der Waals surface area contributed by atoms with Crippen molar-refractivity contribution in [2.75, 3.05) is 13.2 Å². The summed E-state index contributed by atoms with van der Waals surface area (Å²) in [5.41, 5.74) is 0.0560. The van der Waals surface area contributed by atoms with Crippen LogP contribution in [-0.4, -0.2) is 116 Å². The van der Waals surface area contributed by atoms with Crippen molar-refractivity contribution in [3.05, 3.63) is 59.2 Å². The fraction of sp³-hybridized carbons (Fsp3) is 0.635. The summed E-state index contributed by atoms with van der Waals surface area (Å²) in [5.74, 6) is -3.56. The van der Waals surface area contributed by atoms with Crippen molar-refractivity contribution < 1.29 is 72.8 Å². The number of ether oxygens (including phenoxy) is 2. The summed E-state index contributed by atoms with van der Waals surface area (Å²) < 4.78 is 13.5. The molecule has 19 nitrogen and oxygen atoms in total. The highest BCUT2D eigenvalue weighted by Gasteiger charge is 3.09. The third kappa shape index (κ3) is 6.00. The highest BCUT2D eigenvalue weighted by atomic mass is 16.7. The summed E-state index contributed by atoms with van der Waals surface area (Å²) in [7, 11) is 0. The van der Waals surface area contributed by atoms with E-state index >= 15 is 0 Å². The number of hydrogen-bond acceptors (Lipinski definition) is 14. The van der Waals surface area contributed by atoms with Gasteiger partial charge in [0.15, 0.2) is 23.5 Å². The molecule has 0 spiro atoms. The molecule has 19 heteroatoms. The maximum absolute atomic E-state index is 14.0. The monoisotopic (exact) mass is 978 g/mol. The van der Waals surface area contributed by atoms with Crippen LogP contribution < -0.4 is 16.0 Å². The van der Waals surface area contributed by atoms with Crippen molar-refractivity contribution in [3.63, 3.8) is 0 Å². The van der Waals surface area contributed by atoms with Gasteiger partial charge in [-0.1, -0.05) is 49.8 Å². The lowest BCUT2D eigenvalue weighted by atomic mass is 8.94. The minimum absolute atomic E-state index is 0.00973. The first kappa shape index (κ1) is 46.4. The van der Waals surface area contributed by atoms with Gasteiger partial charge in [-0.05, 0) is 109 Å². The number of fused-ring (bicyclic) bond motifs is 7. The largest absolute Gasteiger partial charge is 0.481 e. The van der Waals surface area contributed by atoms with Gasteiger partial charge in [-0.25, -0.2) is 4.79 Å². The van der Waals surface area contributed by atoms with Crippen LogP contribution in [0.1, 0.15) is 95.5 Å². The highest BCUT2D eigenvalue weighted by Crippen LogP contribution is 3.07. The van der Waals surface area contributed by atoms with Crippen LogP contribution in [0.15, 0.2) is 48.1 Å². The average Bonchev–Trinajstić information content (AvgIpc) is 3.97. The number of hydroxylamine groups is 2. The number of carboxylic acid groups (broad SMARTS) is 1. The Labute approximate surface area is 407 Å². The Morgan fingerprint density at radius 1 is 0.887 bits per heavy atom. The molecule has 5 amide bonds. The van der Waals surface area contributed by atoms with Crippen LogP contribution in [0.2, 0.25) is 0 Å². The van der Waals surface area contributed by atoms with E-state index < -0.39 is 114 Å². The first-order chi connectivity index (χ1) is 33.8. The zero-order valence-corrected chi connectivity index (χ0v) is 39.4. The molecule has 13 rings (SSSR count). The third-order valence-electron chi connectivity index (χ3n) is 20.2. The van der Waals surface area contributed by atoms with Crippen LogP contribution in [-0.2, 0) is 63.9 Å². The fourth-order valence-corrected chi connectivity index (χ4v) is 17.7. The summed E-state index contributed by atoms with van der Waals surface area (Å²) in [6, 6.07) is 6.98. The number of carboxylic acids is 1. The minimum Gasteiger partial charge on any atom is -0.481 e. The van der Waals surface area contributed by atoms with Crippen molar-refractivity contribution >= 4 is 53.0 Å². The van der Waals surface area contributed by atoms with E-state index in [-0.39, 0.29) is 60.2 Å². The van der Waals surface area contributed by atoms with Crippen LogP contribution >= 0.6 is 0 Å². The van der Waals surface area contributed by atoms with E-state index in [1.807, 2.05) is 25.1 Å². The zero-order chi connectivity index (χ0) is 49.9. The second kappa shape index (κ2) is 15.7. The number of nitrogens with zero attached hydrogens (tertiary/aromatic N) is 1. The third-order valence-corrected chi connectivity index (χ3v) is 20.2. The summed E-state index contributed by atoms with van der Waals surface area (Å²) in [5, 5.41) is 40.4. The maximum Gasteiger partial charge on any atom is 0.333 e. The number of aliphatic carboxylic acids is 1. The number of imide groups is 1. The Kier molecular flexibility index (Phi) is 10.3. The molecule has 71 heavy (non-hydrogen) atoms. The van der Waals surface area contributed by atoms with E-state index in [0.29, 0.717) is 53.4 Å². The Hall–Kier alpha value is -5.63. The van der Waals surface area contributed by atoms with E-state index in [1.165, 1.54) is 0 Å². The summed E-state index contributed by atoms with van der Waals surface area (Å²) >= 11 is 0. The maximum atomic E-state index is 14.0. The second-order valence-corrected chi connectivity index (χ2v) is 22.8. The molecule has 10 atom stereocenters. The molecule has 0 bridgehead atoms. The molecule has 0 aromatic heterocycles. The number of ketones is 2. The first-order valence-electron chi connectivity index (χ1n) is 25.2. The van der Waals surface area contributed by atoms with Gasteiger partial charge in [0.2, 0.25) is 17.7 Å². The molecule has 9 saturated carbocycles. The molecule has 0 unspecified atom stereocenters. The van der Waals surface area contributed by atoms with Gasteiger partial charge >= 0.3 is 11.9 Å². The molecule has 10 aliphatic carbocycles. The van der Waals surface area contributed by atoms with E-state index in [0.717, 1.165) is 36.0 Å². The molecule has 376 valence electrons. The summed E-state index contributed by atoms with van der Waals surface area (Å²) in [6.07, 6.45) is 4.75. The second-order valence-electron chi connectivity index (χ2n) is 22.8. The van der Waals surface area contributed by atoms with Crippen molar-refractivity contribution in [3.8, 4) is 0 Å².